The molecule has 0 saturated carbocycles. The fraction of sp³-hybridized carbons (Fsp3) is 0.122. The highest BCUT2D eigenvalue weighted by atomic mass is 19.2. The van der Waals surface area contributed by atoms with Gasteiger partial charge in [-0.05, 0) is 11.5 Å². The van der Waals surface area contributed by atoms with Gasteiger partial charge >= 0.3 is 20.7 Å². The van der Waals surface area contributed by atoms with E-state index in [1.807, 2.05) is 0 Å². The van der Waals surface area contributed by atoms with E-state index < -0.39 is 254 Å². The first-order valence-corrected chi connectivity index (χ1v) is 19.4. The zero-order chi connectivity index (χ0) is 57.4. The number of hydrogen-bond donors (Lipinski definition) is 0. The van der Waals surface area contributed by atoms with Gasteiger partial charge < -0.3 is 14.0 Å². The SMILES string of the molecule is CC(COB(c1cc(F)c(F)c(F)c1F)c1c(F)c(F)c(F)c(F)c1F)(COB(c1c(F)c(F)c(F)c(F)c1F)c1c(F)c(F)c(F)c(F)c1F)COB(c1c(F)c(F)c(F)c(F)c1F)c1c(F)c(F)c(F)c(F)c1F. The quantitative estimate of drug-likeness (QED) is 0.0448. The summed E-state index contributed by atoms with van der Waals surface area (Å²) in [5.74, 6) is -91.1. The molecule has 0 heterocycles. The maximum absolute atomic E-state index is 15.4. The Morgan fingerprint density at radius 2 is 0.421 bits per heavy atom. The first-order valence-electron chi connectivity index (χ1n) is 19.4. The minimum absolute atomic E-state index is 0.0904. The van der Waals surface area contributed by atoms with Crippen LogP contribution in [-0.2, 0) is 14.0 Å². The maximum Gasteiger partial charge on any atom is 0.374 e. The van der Waals surface area contributed by atoms with Gasteiger partial charge in [0.1, 0.15) is 0 Å². The number of hydrogen-bond acceptors (Lipinski definition) is 3. The van der Waals surface area contributed by atoms with Gasteiger partial charge in [-0.3, -0.25) is 0 Å². The lowest BCUT2D eigenvalue weighted by Crippen LogP contribution is -2.57. The predicted octanol–water partition coefficient (Wildman–Crippen LogP) is 8.49. The van der Waals surface area contributed by atoms with E-state index in [1.165, 1.54) is 0 Å². The molecule has 404 valence electrons. The van der Waals surface area contributed by atoms with Crippen molar-refractivity contribution < 1.29 is 141 Å². The molecular formula is C41H10B3F29O3. The summed E-state index contributed by atoms with van der Waals surface area (Å²) in [6.45, 7) is -19.1. The van der Waals surface area contributed by atoms with Crippen molar-refractivity contribution in [1.29, 1.82) is 0 Å². The second-order valence-electron chi connectivity index (χ2n) is 15.7. The summed E-state index contributed by atoms with van der Waals surface area (Å²) >= 11 is 0. The van der Waals surface area contributed by atoms with Crippen LogP contribution in [0.15, 0.2) is 6.07 Å². The van der Waals surface area contributed by atoms with E-state index in [-0.39, 0.29) is 6.92 Å². The van der Waals surface area contributed by atoms with Crippen LogP contribution < -0.4 is 32.8 Å². The highest BCUT2D eigenvalue weighted by Crippen LogP contribution is 2.28. The molecule has 6 aromatic rings. The fourth-order valence-corrected chi connectivity index (χ4v) is 6.97. The number of rotatable bonds is 15. The minimum atomic E-state index is -4.10. The molecule has 0 saturated heterocycles. The molecule has 0 aromatic heterocycles. The molecule has 6 rings (SSSR count). The Labute approximate surface area is 401 Å². The van der Waals surface area contributed by atoms with E-state index >= 15 is 48.3 Å². The normalized spacial score (nSPS) is 11.9. The molecule has 0 unspecified atom stereocenters. The van der Waals surface area contributed by atoms with Crippen LogP contribution in [0.2, 0.25) is 0 Å². The molecule has 0 aliphatic carbocycles. The Morgan fingerprint density at radius 3 is 0.645 bits per heavy atom. The molecule has 0 aliphatic rings. The van der Waals surface area contributed by atoms with Gasteiger partial charge in [-0.2, -0.15) is 0 Å². The lowest BCUT2D eigenvalue weighted by atomic mass is 9.53. The van der Waals surface area contributed by atoms with Crippen LogP contribution >= 0.6 is 0 Å². The summed E-state index contributed by atoms with van der Waals surface area (Å²) in [7, 11) is 0. The first kappa shape index (κ1) is 58.6. The lowest BCUT2D eigenvalue weighted by molar-refractivity contribution is 0.0488. The largest absolute Gasteiger partial charge is 0.426 e. The summed E-state index contributed by atoms with van der Waals surface area (Å²) < 4.78 is 445. The Balaban J connectivity index is 1.67. The molecular weight excluding hydrogens is 1120 g/mol. The summed E-state index contributed by atoms with van der Waals surface area (Å²) in [4.78, 5) is 0. The molecule has 0 bridgehead atoms. The molecule has 0 N–H and O–H groups in total. The highest BCUT2D eigenvalue weighted by molar-refractivity contribution is 6.81. The van der Waals surface area contributed by atoms with Gasteiger partial charge in [-0.25, -0.2) is 127 Å². The molecule has 35 heteroatoms. The second-order valence-corrected chi connectivity index (χ2v) is 15.7. The van der Waals surface area contributed by atoms with Crippen LogP contribution in [0.5, 0.6) is 0 Å². The monoisotopic (exact) mass is 1130 g/mol. The lowest BCUT2D eigenvalue weighted by Gasteiger charge is -2.34. The van der Waals surface area contributed by atoms with E-state index in [0.29, 0.717) is 0 Å². The van der Waals surface area contributed by atoms with Crippen LogP contribution in [0.1, 0.15) is 6.92 Å². The molecule has 6 aromatic carbocycles. The molecule has 76 heavy (non-hydrogen) atoms. The van der Waals surface area contributed by atoms with Gasteiger partial charge in [-0.1, -0.05) is 6.92 Å². The number of benzene rings is 6. The van der Waals surface area contributed by atoms with Crippen LogP contribution in [0.25, 0.3) is 0 Å². The van der Waals surface area contributed by atoms with Crippen molar-refractivity contribution in [3.63, 3.8) is 0 Å². The van der Waals surface area contributed by atoms with Crippen molar-refractivity contribution in [2.24, 2.45) is 5.41 Å². The van der Waals surface area contributed by atoms with Crippen LogP contribution in [0.4, 0.5) is 127 Å². The van der Waals surface area contributed by atoms with E-state index in [4.69, 9.17) is 14.0 Å². The summed E-state index contributed by atoms with van der Waals surface area (Å²) in [5, 5.41) is 0. The third kappa shape index (κ3) is 9.65. The van der Waals surface area contributed by atoms with Gasteiger partial charge in [0.05, 0.1) is 0 Å². The molecule has 0 amide bonds. The fourth-order valence-electron chi connectivity index (χ4n) is 6.97. The smallest absolute Gasteiger partial charge is 0.374 e. The van der Waals surface area contributed by atoms with Gasteiger partial charge in [0.2, 0.25) is 0 Å². The first-order chi connectivity index (χ1) is 35.2. The Morgan fingerprint density at radius 1 is 0.250 bits per heavy atom. The number of halogens is 29. The van der Waals surface area contributed by atoms with Gasteiger partial charge in [0, 0.05) is 52.5 Å². The summed E-state index contributed by atoms with van der Waals surface area (Å²) in [6.07, 6.45) is 0. The van der Waals surface area contributed by atoms with Gasteiger partial charge in [-0.15, -0.1) is 0 Å². The van der Waals surface area contributed by atoms with Crippen LogP contribution in [0.3, 0.4) is 0 Å². The standard InChI is InChI=1S/C41H10B3F29O3/c1-41(3-74-42(6-2-7(45)14(47)25(58)13(6)46)8-15(48)26(59)36(69)27(60)16(8)49,4-75-43(9-17(50)28(61)37(70)29(62)18(9)51)10-19(52)30(63)38(71)31(64)20(10)53)5-76-44(11-21(54)32(65)39(72)33(66)22(11)55)12-23(56)34(67)40(73)35(68)24(12)57/h2H,3-5H2,1H3. The third-order valence-corrected chi connectivity index (χ3v) is 10.7. The Hall–Kier alpha value is -6.64. The van der Waals surface area contributed by atoms with Crippen molar-refractivity contribution in [1.82, 2.24) is 0 Å². The highest BCUT2D eigenvalue weighted by Gasteiger charge is 2.47. The van der Waals surface area contributed by atoms with Crippen LogP contribution in [-0.4, -0.2) is 40.6 Å². The molecule has 0 aliphatic heterocycles. The average molecular weight is 1130 g/mol. The van der Waals surface area contributed by atoms with Crippen LogP contribution in [0, 0.1) is 174 Å². The third-order valence-electron chi connectivity index (χ3n) is 10.7. The molecule has 0 atom stereocenters. The average Bonchev–Trinajstić information content (AvgIpc) is 3.39. The van der Waals surface area contributed by atoms with Crippen molar-refractivity contribution in [2.45, 2.75) is 6.92 Å². The summed E-state index contributed by atoms with van der Waals surface area (Å²) in [5.41, 5.74) is -19.6. The van der Waals surface area contributed by atoms with Gasteiger partial charge in [0.15, 0.2) is 169 Å². The molecule has 3 nitrogen and oxygen atoms in total. The van der Waals surface area contributed by atoms with E-state index in [2.05, 4.69) is 0 Å². The van der Waals surface area contributed by atoms with Crippen molar-refractivity contribution in [2.75, 3.05) is 19.8 Å². The second kappa shape index (κ2) is 21.4. The van der Waals surface area contributed by atoms with E-state index in [1.54, 1.807) is 0 Å². The van der Waals surface area contributed by atoms with Crippen molar-refractivity contribution in [3.05, 3.63) is 175 Å². The van der Waals surface area contributed by atoms with Crippen molar-refractivity contribution >= 4 is 53.5 Å². The topological polar surface area (TPSA) is 27.7 Å². The summed E-state index contributed by atoms with van der Waals surface area (Å²) in [6, 6.07) is -0.661. The maximum atomic E-state index is 15.4. The van der Waals surface area contributed by atoms with E-state index in [0.717, 1.165) is 0 Å². The van der Waals surface area contributed by atoms with E-state index in [9.17, 15) is 79.0 Å². The molecule has 0 fully saturated rings. The molecule has 0 radical (unpaired) electrons. The van der Waals surface area contributed by atoms with Crippen molar-refractivity contribution in [3.8, 4) is 0 Å². The van der Waals surface area contributed by atoms with Gasteiger partial charge in [0.25, 0.3) is 0 Å². The predicted molar refractivity (Wildman–Crippen MR) is 198 cm³/mol. The zero-order valence-electron chi connectivity index (χ0n) is 35.6. The molecule has 0 spiro atoms. The Bertz CT molecular complexity index is 2970. The zero-order valence-corrected chi connectivity index (χ0v) is 35.6. The Kier molecular flexibility index (Phi) is 16.5. The minimum Gasteiger partial charge on any atom is -0.426 e.